The maximum Gasteiger partial charge on any atom is 0.251 e. The van der Waals surface area contributed by atoms with E-state index in [0.29, 0.717) is 12.1 Å². The first-order valence-electron chi connectivity index (χ1n) is 11.5. The smallest absolute Gasteiger partial charge is 0.251 e. The van der Waals surface area contributed by atoms with Crippen LogP contribution in [0.2, 0.25) is 0 Å². The Kier molecular flexibility index (Phi) is 6.78. The molecule has 4 aromatic rings. The van der Waals surface area contributed by atoms with E-state index in [-0.39, 0.29) is 5.91 Å². The topological polar surface area (TPSA) is 65.8 Å². The van der Waals surface area contributed by atoms with E-state index < -0.39 is 0 Å². The molecule has 1 fully saturated rings. The molecule has 0 saturated carbocycles. The van der Waals surface area contributed by atoms with Gasteiger partial charge in [0.25, 0.3) is 5.91 Å². The number of pyridine rings is 2. The number of benzene rings is 1. The predicted octanol–water partition coefficient (Wildman–Crippen LogP) is 3.70. The summed E-state index contributed by atoms with van der Waals surface area (Å²) in [4.78, 5) is 27.6. The average Bonchev–Trinajstić information content (AvgIpc) is 3.30. The lowest BCUT2D eigenvalue weighted by atomic mass is 10.2. The summed E-state index contributed by atoms with van der Waals surface area (Å²) in [5.74, 6) is 1.69. The van der Waals surface area contributed by atoms with E-state index in [1.807, 2.05) is 65.3 Å². The number of rotatable bonds is 7. The molecule has 8 heteroatoms. The Labute approximate surface area is 203 Å². The molecule has 5 rings (SSSR count). The Morgan fingerprint density at radius 3 is 2.68 bits per heavy atom. The fourth-order valence-corrected chi connectivity index (χ4v) is 4.76. The molecule has 0 bridgehead atoms. The van der Waals surface area contributed by atoms with Gasteiger partial charge in [0.2, 0.25) is 0 Å². The molecule has 1 aliphatic heterocycles. The number of likely N-dealkylation sites (N-methyl/N-ethyl adjacent to an activating group) is 1. The van der Waals surface area contributed by atoms with Gasteiger partial charge >= 0.3 is 0 Å². The van der Waals surface area contributed by atoms with Crippen LogP contribution < -0.4 is 10.2 Å². The van der Waals surface area contributed by atoms with E-state index in [4.69, 9.17) is 0 Å². The molecule has 0 spiro atoms. The Morgan fingerprint density at radius 2 is 1.88 bits per heavy atom. The number of imidazole rings is 1. The van der Waals surface area contributed by atoms with Crippen molar-refractivity contribution >= 4 is 29.1 Å². The van der Waals surface area contributed by atoms with Crippen LogP contribution in [-0.4, -0.2) is 58.4 Å². The zero-order valence-electron chi connectivity index (χ0n) is 19.2. The van der Waals surface area contributed by atoms with E-state index in [0.717, 1.165) is 59.5 Å². The molecule has 3 aromatic heterocycles. The van der Waals surface area contributed by atoms with Crippen molar-refractivity contribution in [3.63, 3.8) is 0 Å². The quantitative estimate of drug-likeness (QED) is 0.414. The second kappa shape index (κ2) is 10.3. The Bertz CT molecular complexity index is 1230. The number of piperazine rings is 1. The van der Waals surface area contributed by atoms with Crippen LogP contribution in [0.25, 0.3) is 5.65 Å². The summed E-state index contributed by atoms with van der Waals surface area (Å²) >= 11 is 1.71. The molecule has 34 heavy (non-hydrogen) atoms. The van der Waals surface area contributed by atoms with Crippen molar-refractivity contribution in [1.82, 2.24) is 24.6 Å². The number of hydrogen-bond donors (Lipinski definition) is 1. The third kappa shape index (κ3) is 5.40. The first-order chi connectivity index (χ1) is 16.6. The minimum Gasteiger partial charge on any atom is -0.354 e. The minimum absolute atomic E-state index is 0.0742. The second-order valence-electron chi connectivity index (χ2n) is 8.51. The van der Waals surface area contributed by atoms with Crippen LogP contribution in [0.5, 0.6) is 0 Å². The van der Waals surface area contributed by atoms with Gasteiger partial charge < -0.3 is 19.5 Å². The van der Waals surface area contributed by atoms with Gasteiger partial charge in [0.1, 0.15) is 11.5 Å². The largest absolute Gasteiger partial charge is 0.354 e. The van der Waals surface area contributed by atoms with Gasteiger partial charge in [-0.05, 0) is 61.1 Å². The molecular formula is C26H28N6OS. The normalized spacial score (nSPS) is 14.4. The van der Waals surface area contributed by atoms with Crippen LogP contribution in [0.3, 0.4) is 0 Å². The zero-order valence-corrected chi connectivity index (χ0v) is 20.0. The van der Waals surface area contributed by atoms with Crippen LogP contribution in [-0.2, 0) is 12.3 Å². The molecule has 1 saturated heterocycles. The maximum atomic E-state index is 12.7. The van der Waals surface area contributed by atoms with Crippen molar-refractivity contribution in [3.8, 4) is 0 Å². The maximum absolute atomic E-state index is 12.7. The van der Waals surface area contributed by atoms with E-state index in [2.05, 4.69) is 44.4 Å². The van der Waals surface area contributed by atoms with E-state index in [9.17, 15) is 4.79 Å². The summed E-state index contributed by atoms with van der Waals surface area (Å²) in [6.07, 6.45) is 5.88. The number of thioether (sulfide) groups is 1. The van der Waals surface area contributed by atoms with Crippen molar-refractivity contribution in [2.24, 2.45) is 0 Å². The van der Waals surface area contributed by atoms with Crippen molar-refractivity contribution in [3.05, 3.63) is 90.0 Å². The molecule has 1 N–H and O–H groups in total. The highest BCUT2D eigenvalue weighted by Gasteiger charge is 2.15. The summed E-state index contributed by atoms with van der Waals surface area (Å²) in [5, 5.41) is 3.03. The fraction of sp³-hybridized carbons (Fsp3) is 0.269. The highest BCUT2D eigenvalue weighted by atomic mass is 32.2. The second-order valence-corrected chi connectivity index (χ2v) is 9.56. The molecule has 1 aromatic carbocycles. The van der Waals surface area contributed by atoms with E-state index in [1.54, 1.807) is 11.8 Å². The number of carbonyl (C=O) groups is 1. The SMILES string of the molecule is CN1CCN(c2cc(CNC(=O)c3ccc(SCc4cn5ccccc5n4)cc3)ccn2)CC1. The number of anilines is 1. The lowest BCUT2D eigenvalue weighted by molar-refractivity contribution is 0.0951. The molecule has 0 radical (unpaired) electrons. The number of nitrogens with zero attached hydrogens (tertiary/aromatic N) is 5. The number of carbonyl (C=O) groups excluding carboxylic acids is 1. The molecule has 174 valence electrons. The Morgan fingerprint density at radius 1 is 1.06 bits per heavy atom. The monoisotopic (exact) mass is 472 g/mol. The van der Waals surface area contributed by atoms with E-state index >= 15 is 0 Å². The minimum atomic E-state index is -0.0742. The fourth-order valence-electron chi connectivity index (χ4n) is 3.98. The Balaban J connectivity index is 1.14. The number of hydrogen-bond acceptors (Lipinski definition) is 6. The molecule has 7 nitrogen and oxygen atoms in total. The third-order valence-electron chi connectivity index (χ3n) is 6.01. The summed E-state index contributed by atoms with van der Waals surface area (Å²) in [6, 6.07) is 17.8. The van der Waals surface area contributed by atoms with Crippen LogP contribution in [0.1, 0.15) is 21.6 Å². The molecule has 0 aliphatic carbocycles. The average molecular weight is 473 g/mol. The zero-order chi connectivity index (χ0) is 23.3. The lowest BCUT2D eigenvalue weighted by Crippen LogP contribution is -2.44. The van der Waals surface area contributed by atoms with Crippen LogP contribution in [0, 0.1) is 0 Å². The predicted molar refractivity (Wildman–Crippen MR) is 136 cm³/mol. The lowest BCUT2D eigenvalue weighted by Gasteiger charge is -2.33. The van der Waals surface area contributed by atoms with Crippen molar-refractivity contribution in [2.45, 2.75) is 17.2 Å². The van der Waals surface area contributed by atoms with Gasteiger partial charge in [-0.25, -0.2) is 9.97 Å². The van der Waals surface area contributed by atoms with Crippen molar-refractivity contribution < 1.29 is 4.79 Å². The number of aromatic nitrogens is 3. The van der Waals surface area contributed by atoms with Gasteiger partial charge in [-0.2, -0.15) is 0 Å². The summed E-state index contributed by atoms with van der Waals surface area (Å²) in [7, 11) is 2.14. The number of fused-ring (bicyclic) bond motifs is 1. The van der Waals surface area contributed by atoms with Crippen molar-refractivity contribution in [2.75, 3.05) is 38.1 Å². The summed E-state index contributed by atoms with van der Waals surface area (Å²) < 4.78 is 2.03. The van der Waals surface area contributed by atoms with Crippen molar-refractivity contribution in [1.29, 1.82) is 0 Å². The molecule has 1 aliphatic rings. The molecule has 0 unspecified atom stereocenters. The molecule has 0 atom stereocenters. The standard InChI is InChI=1S/C26H28N6OS/c1-30-12-14-31(15-13-30)25-16-20(9-10-27-25)17-28-26(33)21-5-7-23(8-6-21)34-19-22-18-32-11-3-2-4-24(32)29-22/h2-11,16,18H,12-15,17,19H2,1H3,(H,28,33). The van der Waals surface area contributed by atoms with Gasteiger partial charge in [-0.3, -0.25) is 4.79 Å². The van der Waals surface area contributed by atoms with Gasteiger partial charge in [-0.1, -0.05) is 6.07 Å². The molecule has 1 amide bonds. The summed E-state index contributed by atoms with van der Waals surface area (Å²) in [6.45, 7) is 4.50. The highest BCUT2D eigenvalue weighted by Crippen LogP contribution is 2.23. The number of amides is 1. The van der Waals surface area contributed by atoms with Crippen LogP contribution >= 0.6 is 11.8 Å². The summed E-state index contributed by atoms with van der Waals surface area (Å²) in [5.41, 5.74) is 3.70. The third-order valence-corrected chi connectivity index (χ3v) is 7.05. The first kappa shape index (κ1) is 22.4. The van der Waals surface area contributed by atoms with Crippen LogP contribution in [0.15, 0.2) is 78.1 Å². The van der Waals surface area contributed by atoms with E-state index in [1.165, 1.54) is 0 Å². The Hall–Kier alpha value is -3.36. The van der Waals surface area contributed by atoms with Gasteiger partial charge in [-0.15, -0.1) is 11.8 Å². The van der Waals surface area contributed by atoms with Gasteiger partial charge in [0.05, 0.1) is 5.69 Å². The molecule has 4 heterocycles. The van der Waals surface area contributed by atoms with Crippen LogP contribution in [0.4, 0.5) is 5.82 Å². The van der Waals surface area contributed by atoms with Gasteiger partial charge in [0, 0.05) is 67.5 Å². The molecular weight excluding hydrogens is 444 g/mol. The number of nitrogens with one attached hydrogen (secondary N) is 1. The van der Waals surface area contributed by atoms with Gasteiger partial charge in [0.15, 0.2) is 0 Å². The highest BCUT2D eigenvalue weighted by molar-refractivity contribution is 7.98. The first-order valence-corrected chi connectivity index (χ1v) is 12.4.